The summed E-state index contributed by atoms with van der Waals surface area (Å²) >= 11 is 1.38. The van der Waals surface area contributed by atoms with Crippen LogP contribution in [-0.4, -0.2) is 46.8 Å². The Kier molecular flexibility index (Phi) is 6.74. The number of hydrogen-bond acceptors (Lipinski definition) is 7. The van der Waals surface area contributed by atoms with Crippen LogP contribution in [0.4, 0.5) is 0 Å². The van der Waals surface area contributed by atoms with Crippen LogP contribution in [0.5, 0.6) is 0 Å². The quantitative estimate of drug-likeness (QED) is 0.270. The number of fused-ring (bicyclic) bond motifs is 1. The van der Waals surface area contributed by atoms with E-state index in [-0.39, 0.29) is 12.3 Å². The van der Waals surface area contributed by atoms with Crippen LogP contribution in [0, 0.1) is 0 Å². The summed E-state index contributed by atoms with van der Waals surface area (Å²) in [6.45, 7) is 1.15. The molecule has 2 heterocycles. The molecule has 1 saturated heterocycles. The maximum absolute atomic E-state index is 13.5. The van der Waals surface area contributed by atoms with E-state index >= 15 is 0 Å². The summed E-state index contributed by atoms with van der Waals surface area (Å²) in [5, 5.41) is -0.460. The third-order valence-electron chi connectivity index (χ3n) is 5.28. The minimum absolute atomic E-state index is 0.0601. The molecule has 168 valence electrons. The van der Waals surface area contributed by atoms with Gasteiger partial charge in [0.05, 0.1) is 5.57 Å². The van der Waals surface area contributed by atoms with Gasteiger partial charge in [-0.2, -0.15) is 0 Å². The molecular formula is C25H21NO6S. The fourth-order valence-corrected chi connectivity index (χ4v) is 5.03. The smallest absolute Gasteiger partial charge is 0.356 e. The van der Waals surface area contributed by atoms with Gasteiger partial charge in [-0.3, -0.25) is 19.3 Å². The summed E-state index contributed by atoms with van der Waals surface area (Å²) < 4.78 is 11.1. The van der Waals surface area contributed by atoms with E-state index in [1.165, 1.54) is 29.7 Å². The Morgan fingerprint density at radius 2 is 1.70 bits per heavy atom. The fourth-order valence-electron chi connectivity index (χ4n) is 3.74. The number of carbonyl (C=O) groups excluding carboxylic acids is 4. The summed E-state index contributed by atoms with van der Waals surface area (Å²) in [6.07, 6.45) is 1.08. The highest BCUT2D eigenvalue weighted by atomic mass is 32.2. The van der Waals surface area contributed by atoms with Crippen molar-refractivity contribution < 1.29 is 28.7 Å². The van der Waals surface area contributed by atoms with Crippen LogP contribution in [-0.2, 0) is 28.7 Å². The minimum atomic E-state index is -0.697. The number of carbonyl (C=O) groups is 4. The number of ether oxygens (including phenoxy) is 2. The van der Waals surface area contributed by atoms with Crippen molar-refractivity contribution in [3.63, 3.8) is 0 Å². The van der Waals surface area contributed by atoms with Crippen LogP contribution in [0.3, 0.4) is 0 Å². The lowest BCUT2D eigenvalue weighted by atomic mass is 10.0. The number of β-lactam (4-membered cyclic amide) rings is 1. The van der Waals surface area contributed by atoms with Crippen LogP contribution in [0.1, 0.15) is 24.2 Å². The molecule has 1 amide bonds. The second-order valence-corrected chi connectivity index (χ2v) is 8.50. The molecule has 8 heteroatoms. The summed E-state index contributed by atoms with van der Waals surface area (Å²) in [4.78, 5) is 49.9. The van der Waals surface area contributed by atoms with Crippen LogP contribution >= 0.6 is 11.8 Å². The van der Waals surface area contributed by atoms with Crippen molar-refractivity contribution in [3.8, 4) is 0 Å². The maximum Gasteiger partial charge on any atom is 0.356 e. The SMILES string of the molecule is CC(=O)OCC1=C(C(=O)OC(c2ccccc2)c2ccccc2)N2C(=O)/C(=C/C=O)[C@H]2SC1. The van der Waals surface area contributed by atoms with Crippen LogP contribution < -0.4 is 0 Å². The van der Waals surface area contributed by atoms with E-state index < -0.39 is 29.3 Å². The van der Waals surface area contributed by atoms with E-state index in [0.29, 0.717) is 23.2 Å². The van der Waals surface area contributed by atoms with Gasteiger partial charge in [0.1, 0.15) is 24.0 Å². The Labute approximate surface area is 195 Å². The molecule has 0 bridgehead atoms. The minimum Gasteiger partial charge on any atom is -0.461 e. The van der Waals surface area contributed by atoms with Crippen molar-refractivity contribution in [3.05, 3.63) is 94.7 Å². The normalized spacial score (nSPS) is 18.6. The molecule has 2 aromatic carbocycles. The van der Waals surface area contributed by atoms with Gasteiger partial charge in [0.25, 0.3) is 5.91 Å². The molecule has 2 aromatic rings. The van der Waals surface area contributed by atoms with Crippen molar-refractivity contribution in [1.29, 1.82) is 0 Å². The van der Waals surface area contributed by atoms with Gasteiger partial charge in [0.2, 0.25) is 0 Å². The monoisotopic (exact) mass is 463 g/mol. The first-order chi connectivity index (χ1) is 16.0. The molecule has 0 unspecified atom stereocenters. The number of allylic oxidation sites excluding steroid dienone is 1. The zero-order chi connectivity index (χ0) is 23.4. The van der Waals surface area contributed by atoms with Gasteiger partial charge in [-0.1, -0.05) is 60.7 Å². The first-order valence-electron chi connectivity index (χ1n) is 10.3. The molecule has 0 aliphatic carbocycles. The van der Waals surface area contributed by atoms with Gasteiger partial charge in [-0.15, -0.1) is 11.8 Å². The highest BCUT2D eigenvalue weighted by Crippen LogP contribution is 2.44. The van der Waals surface area contributed by atoms with Crippen molar-refractivity contribution in [2.75, 3.05) is 12.4 Å². The zero-order valence-electron chi connectivity index (χ0n) is 17.8. The Morgan fingerprint density at radius 3 is 2.24 bits per heavy atom. The fraction of sp³-hybridized carbons (Fsp3) is 0.200. The summed E-state index contributed by atoms with van der Waals surface area (Å²) in [6, 6.07) is 18.6. The highest BCUT2D eigenvalue weighted by molar-refractivity contribution is 8.00. The van der Waals surface area contributed by atoms with Gasteiger partial charge in [0, 0.05) is 18.2 Å². The van der Waals surface area contributed by atoms with E-state index in [0.717, 1.165) is 11.1 Å². The number of rotatable bonds is 7. The third kappa shape index (κ3) is 4.61. The number of thioether (sulfide) groups is 1. The second-order valence-electron chi connectivity index (χ2n) is 7.44. The number of hydrogen-bond donors (Lipinski definition) is 0. The lowest BCUT2D eigenvalue weighted by molar-refractivity contribution is -0.149. The molecule has 33 heavy (non-hydrogen) atoms. The van der Waals surface area contributed by atoms with E-state index in [2.05, 4.69) is 0 Å². The van der Waals surface area contributed by atoms with Crippen LogP contribution in [0.15, 0.2) is 83.6 Å². The van der Waals surface area contributed by atoms with Crippen molar-refractivity contribution in [2.24, 2.45) is 0 Å². The molecule has 1 fully saturated rings. The lowest BCUT2D eigenvalue weighted by Crippen LogP contribution is -2.56. The Bertz CT molecular complexity index is 1100. The first-order valence-corrected chi connectivity index (χ1v) is 11.3. The number of aldehydes is 1. The summed E-state index contributed by atoms with van der Waals surface area (Å²) in [7, 11) is 0. The Balaban J connectivity index is 1.70. The summed E-state index contributed by atoms with van der Waals surface area (Å²) in [5.74, 6) is -1.28. The standard InChI is InChI=1S/C25H21NO6S/c1-16(28)31-14-19-15-33-24-20(12-13-27)23(29)26(24)21(19)25(30)32-22(17-8-4-2-5-9-17)18-10-6-3-7-11-18/h2-13,22,24H,14-15H2,1H3/b20-12-/t24-/m1/s1. The van der Waals surface area contributed by atoms with Crippen LogP contribution in [0.25, 0.3) is 0 Å². The molecule has 0 aromatic heterocycles. The predicted molar refractivity (Wildman–Crippen MR) is 122 cm³/mol. The van der Waals surface area contributed by atoms with E-state index in [9.17, 15) is 19.2 Å². The van der Waals surface area contributed by atoms with Gasteiger partial charge in [-0.05, 0) is 17.2 Å². The molecule has 0 spiro atoms. The third-order valence-corrected chi connectivity index (χ3v) is 6.57. The molecule has 2 aliphatic heterocycles. The molecule has 7 nitrogen and oxygen atoms in total. The van der Waals surface area contributed by atoms with E-state index in [1.807, 2.05) is 60.7 Å². The molecule has 0 N–H and O–H groups in total. The number of nitrogens with zero attached hydrogens (tertiary/aromatic N) is 1. The van der Waals surface area contributed by atoms with Crippen molar-refractivity contribution >= 4 is 35.9 Å². The van der Waals surface area contributed by atoms with E-state index in [1.54, 1.807) is 0 Å². The summed E-state index contributed by atoms with van der Waals surface area (Å²) in [5.41, 5.74) is 2.42. The molecule has 0 radical (unpaired) electrons. The number of benzene rings is 2. The first kappa shape index (κ1) is 22.5. The molecular weight excluding hydrogens is 442 g/mol. The van der Waals surface area contributed by atoms with Crippen LogP contribution in [0.2, 0.25) is 0 Å². The lowest BCUT2D eigenvalue weighted by Gasteiger charge is -2.46. The zero-order valence-corrected chi connectivity index (χ0v) is 18.6. The molecule has 1 atom stereocenters. The predicted octanol–water partition coefficient (Wildman–Crippen LogP) is 3.18. The largest absolute Gasteiger partial charge is 0.461 e. The van der Waals surface area contributed by atoms with Gasteiger partial charge in [0.15, 0.2) is 6.10 Å². The average molecular weight is 464 g/mol. The second kappa shape index (κ2) is 9.87. The van der Waals surface area contributed by atoms with Crippen molar-refractivity contribution in [2.45, 2.75) is 18.4 Å². The van der Waals surface area contributed by atoms with Gasteiger partial charge < -0.3 is 9.47 Å². The van der Waals surface area contributed by atoms with Gasteiger partial charge >= 0.3 is 11.9 Å². The Morgan fingerprint density at radius 1 is 1.09 bits per heavy atom. The van der Waals surface area contributed by atoms with Crippen molar-refractivity contribution in [1.82, 2.24) is 4.90 Å². The molecule has 2 aliphatic rings. The molecule has 0 saturated carbocycles. The average Bonchev–Trinajstić information content (AvgIpc) is 2.84. The van der Waals surface area contributed by atoms with Gasteiger partial charge in [-0.25, -0.2) is 4.79 Å². The highest BCUT2D eigenvalue weighted by Gasteiger charge is 2.50. The topological polar surface area (TPSA) is 90.0 Å². The maximum atomic E-state index is 13.5. The van der Waals surface area contributed by atoms with E-state index in [4.69, 9.17) is 9.47 Å². The Hall–Kier alpha value is -3.65. The number of esters is 2. The molecule has 4 rings (SSSR count). The number of amides is 1.